The highest BCUT2D eigenvalue weighted by Gasteiger charge is 2.21. The lowest BCUT2D eigenvalue weighted by molar-refractivity contribution is -0.118. The molecule has 1 aliphatic heterocycles. The Balaban J connectivity index is 1.50. The zero-order chi connectivity index (χ0) is 13.1. The second kappa shape index (κ2) is 6.01. The number of nitrogens with one attached hydrogen (secondary N) is 1. The van der Waals surface area contributed by atoms with E-state index in [4.69, 9.17) is 0 Å². The number of aliphatic imine (C=N–C) groups is 1. The second-order valence-corrected chi connectivity index (χ2v) is 7.02. The average Bonchev–Trinajstić information content (AvgIpc) is 3.27. The van der Waals surface area contributed by atoms with Crippen molar-refractivity contribution >= 4 is 39.5 Å². The summed E-state index contributed by atoms with van der Waals surface area (Å²) in [6.07, 6.45) is 2.54. The molecule has 5 heteroatoms. The van der Waals surface area contributed by atoms with Gasteiger partial charge in [0.15, 0.2) is 0 Å². The van der Waals surface area contributed by atoms with Crippen LogP contribution < -0.4 is 5.32 Å². The van der Waals surface area contributed by atoms with Crippen LogP contribution in [0.4, 0.5) is 5.69 Å². The van der Waals surface area contributed by atoms with Gasteiger partial charge in [0.25, 0.3) is 0 Å². The van der Waals surface area contributed by atoms with E-state index in [-0.39, 0.29) is 5.91 Å². The highest BCUT2D eigenvalue weighted by Crippen LogP contribution is 2.34. The number of carbonyl (C=O) groups excluding carboxylic acids is 1. The Morgan fingerprint density at radius 2 is 2.26 bits per heavy atom. The number of carbonyl (C=O) groups is 1. The van der Waals surface area contributed by atoms with Crippen LogP contribution in [0, 0.1) is 5.92 Å². The first-order valence-corrected chi connectivity index (χ1v) is 8.47. The van der Waals surface area contributed by atoms with Crippen LogP contribution in [0.5, 0.6) is 0 Å². The van der Waals surface area contributed by atoms with Crippen molar-refractivity contribution in [1.29, 1.82) is 0 Å². The Hall–Kier alpha value is -0.940. The van der Waals surface area contributed by atoms with Crippen molar-refractivity contribution in [3.63, 3.8) is 0 Å². The summed E-state index contributed by atoms with van der Waals surface area (Å²) < 4.78 is 1.00. The number of nitrogens with zero attached hydrogens (tertiary/aromatic N) is 1. The molecule has 3 nitrogen and oxygen atoms in total. The van der Waals surface area contributed by atoms with E-state index in [1.165, 1.54) is 18.4 Å². The number of rotatable bonds is 4. The van der Waals surface area contributed by atoms with Gasteiger partial charge in [-0.1, -0.05) is 41.7 Å². The van der Waals surface area contributed by atoms with Gasteiger partial charge in [0.2, 0.25) is 5.91 Å². The molecule has 2 aliphatic rings. The molecule has 1 aromatic rings. The predicted octanol–water partition coefficient (Wildman–Crippen LogP) is 3.18. The molecule has 1 saturated carbocycles. The molecule has 3 rings (SSSR count). The van der Waals surface area contributed by atoms with Gasteiger partial charge >= 0.3 is 0 Å². The van der Waals surface area contributed by atoms with Gasteiger partial charge in [0.1, 0.15) is 4.38 Å². The van der Waals surface area contributed by atoms with Crippen LogP contribution in [0.2, 0.25) is 0 Å². The van der Waals surface area contributed by atoms with Crippen molar-refractivity contribution in [2.75, 3.05) is 12.3 Å². The topological polar surface area (TPSA) is 41.5 Å². The van der Waals surface area contributed by atoms with Crippen molar-refractivity contribution in [3.05, 3.63) is 29.8 Å². The molecule has 1 fully saturated rings. The second-order valence-electron chi connectivity index (χ2n) is 4.83. The fourth-order valence-corrected chi connectivity index (χ4v) is 3.74. The maximum absolute atomic E-state index is 11.7. The summed E-state index contributed by atoms with van der Waals surface area (Å²) in [6, 6.07) is 8.18. The average molecular weight is 292 g/mol. The molecular formula is C14H16N2OS2. The van der Waals surface area contributed by atoms with E-state index in [1.807, 2.05) is 18.2 Å². The van der Waals surface area contributed by atoms with E-state index >= 15 is 0 Å². The van der Waals surface area contributed by atoms with Crippen LogP contribution in [-0.2, 0) is 10.5 Å². The number of para-hydroxylation sites is 1. The molecular weight excluding hydrogens is 276 g/mol. The lowest BCUT2D eigenvalue weighted by Crippen LogP contribution is -2.27. The molecule has 0 atom stereocenters. The highest BCUT2D eigenvalue weighted by molar-refractivity contribution is 8.38. The van der Waals surface area contributed by atoms with E-state index in [1.54, 1.807) is 23.5 Å². The number of fused-ring (bicyclic) bond motifs is 1. The lowest BCUT2D eigenvalue weighted by Gasteiger charge is -2.14. The summed E-state index contributed by atoms with van der Waals surface area (Å²) in [6.45, 7) is 0.849. The number of thioether (sulfide) groups is 2. The fourth-order valence-electron chi connectivity index (χ4n) is 1.84. The molecule has 0 bridgehead atoms. The van der Waals surface area contributed by atoms with Gasteiger partial charge in [-0.2, -0.15) is 0 Å². The van der Waals surface area contributed by atoms with Gasteiger partial charge in [0.05, 0.1) is 11.4 Å². The molecule has 100 valence electrons. The van der Waals surface area contributed by atoms with Gasteiger partial charge in [-0.15, -0.1) is 0 Å². The third-order valence-corrected chi connectivity index (χ3v) is 5.41. The van der Waals surface area contributed by atoms with Crippen molar-refractivity contribution in [1.82, 2.24) is 5.32 Å². The molecule has 1 amide bonds. The van der Waals surface area contributed by atoms with Crippen molar-refractivity contribution in [2.45, 2.75) is 18.6 Å². The van der Waals surface area contributed by atoms with Crippen molar-refractivity contribution < 1.29 is 4.79 Å². The first-order valence-electron chi connectivity index (χ1n) is 6.50. The molecule has 1 N–H and O–H groups in total. The lowest BCUT2D eigenvalue weighted by atomic mass is 10.2. The van der Waals surface area contributed by atoms with Crippen LogP contribution >= 0.6 is 23.5 Å². The Morgan fingerprint density at radius 1 is 1.42 bits per heavy atom. The van der Waals surface area contributed by atoms with Crippen LogP contribution in [0.3, 0.4) is 0 Å². The quantitative estimate of drug-likeness (QED) is 0.926. The maximum atomic E-state index is 11.7. The molecule has 0 unspecified atom stereocenters. The molecule has 1 heterocycles. The Kier molecular flexibility index (Phi) is 4.13. The third kappa shape index (κ3) is 3.76. The first-order chi connectivity index (χ1) is 9.31. The Labute approximate surface area is 121 Å². The molecule has 0 aromatic heterocycles. The Bertz CT molecular complexity index is 512. The fraction of sp³-hybridized carbons (Fsp3) is 0.429. The zero-order valence-electron chi connectivity index (χ0n) is 10.6. The SMILES string of the molecule is O=C(CSC1=Nc2ccccc2CS1)NCC1CC1. The monoisotopic (exact) mass is 292 g/mol. The molecule has 19 heavy (non-hydrogen) atoms. The molecule has 0 radical (unpaired) electrons. The van der Waals surface area contributed by atoms with Crippen molar-refractivity contribution in [2.24, 2.45) is 10.9 Å². The summed E-state index contributed by atoms with van der Waals surface area (Å²) in [5.74, 6) is 2.29. The molecule has 1 aliphatic carbocycles. The van der Waals surface area contributed by atoms with E-state index in [9.17, 15) is 4.79 Å². The maximum Gasteiger partial charge on any atom is 0.230 e. The summed E-state index contributed by atoms with van der Waals surface area (Å²) in [7, 11) is 0. The van der Waals surface area contributed by atoms with Gasteiger partial charge in [-0.25, -0.2) is 4.99 Å². The number of hydrogen-bond acceptors (Lipinski definition) is 4. The predicted molar refractivity (Wildman–Crippen MR) is 83.0 cm³/mol. The van der Waals surface area contributed by atoms with Crippen LogP contribution in [-0.4, -0.2) is 22.6 Å². The minimum absolute atomic E-state index is 0.124. The summed E-state index contributed by atoms with van der Waals surface area (Å²) in [4.78, 5) is 16.3. The Morgan fingerprint density at radius 3 is 3.11 bits per heavy atom. The number of hydrogen-bond donors (Lipinski definition) is 1. The van der Waals surface area contributed by atoms with E-state index in [0.717, 1.165) is 28.3 Å². The van der Waals surface area contributed by atoms with Gasteiger partial charge in [-0.05, 0) is 30.4 Å². The number of amides is 1. The highest BCUT2D eigenvalue weighted by atomic mass is 32.2. The van der Waals surface area contributed by atoms with E-state index in [2.05, 4.69) is 16.4 Å². The standard InChI is InChI=1S/C14H16N2OS2/c17-13(15-7-10-5-6-10)9-19-14-16-12-4-2-1-3-11(12)8-18-14/h1-4,10H,5-9H2,(H,15,17). The first kappa shape index (κ1) is 13.1. The smallest absolute Gasteiger partial charge is 0.230 e. The van der Waals surface area contributed by atoms with Crippen LogP contribution in [0.25, 0.3) is 0 Å². The third-order valence-electron chi connectivity index (χ3n) is 3.17. The molecule has 1 aromatic carbocycles. The summed E-state index contributed by atoms with van der Waals surface area (Å²) in [5, 5.41) is 2.98. The minimum Gasteiger partial charge on any atom is -0.355 e. The van der Waals surface area contributed by atoms with E-state index < -0.39 is 0 Å². The largest absolute Gasteiger partial charge is 0.355 e. The van der Waals surface area contributed by atoms with E-state index in [0.29, 0.717) is 5.75 Å². The van der Waals surface area contributed by atoms with Crippen LogP contribution in [0.15, 0.2) is 29.3 Å². The number of benzene rings is 1. The van der Waals surface area contributed by atoms with Gasteiger partial charge in [0, 0.05) is 12.3 Å². The minimum atomic E-state index is 0.124. The van der Waals surface area contributed by atoms with Crippen molar-refractivity contribution in [3.8, 4) is 0 Å². The zero-order valence-corrected chi connectivity index (χ0v) is 12.2. The molecule has 0 spiro atoms. The van der Waals surface area contributed by atoms with Gasteiger partial charge < -0.3 is 5.32 Å². The normalized spacial score (nSPS) is 17.6. The summed E-state index contributed by atoms with van der Waals surface area (Å²) >= 11 is 3.26. The van der Waals surface area contributed by atoms with Gasteiger partial charge in [-0.3, -0.25) is 4.79 Å². The molecule has 0 saturated heterocycles. The van der Waals surface area contributed by atoms with Crippen LogP contribution in [0.1, 0.15) is 18.4 Å². The summed E-state index contributed by atoms with van der Waals surface area (Å²) in [5.41, 5.74) is 2.32.